The van der Waals surface area contributed by atoms with Gasteiger partial charge in [-0.3, -0.25) is 4.79 Å². The van der Waals surface area contributed by atoms with E-state index in [9.17, 15) is 4.79 Å². The largest absolute Gasteiger partial charge is 0.467 e. The summed E-state index contributed by atoms with van der Waals surface area (Å²) in [6.07, 6.45) is 9.97. The van der Waals surface area contributed by atoms with Crippen LogP contribution in [0.2, 0.25) is 0 Å². The Kier molecular flexibility index (Phi) is 6.66. The Morgan fingerprint density at radius 2 is 2.10 bits per heavy atom. The zero-order chi connectivity index (χ0) is 21.7. The van der Waals surface area contributed by atoms with Crippen molar-refractivity contribution in [3.05, 3.63) is 59.5 Å². The van der Waals surface area contributed by atoms with Crippen molar-refractivity contribution in [2.45, 2.75) is 52.7 Å². The van der Waals surface area contributed by atoms with E-state index in [2.05, 4.69) is 11.1 Å². The Bertz CT molecular complexity index is 922. The van der Waals surface area contributed by atoms with Gasteiger partial charge in [-0.25, -0.2) is 0 Å². The van der Waals surface area contributed by atoms with E-state index < -0.39 is 0 Å². The summed E-state index contributed by atoms with van der Waals surface area (Å²) >= 11 is 0. The highest BCUT2D eigenvalue weighted by Gasteiger charge is 2.62. The Hall–Kier alpha value is -3.00. The quantitative estimate of drug-likeness (QED) is 0.249. The third-order valence-electron chi connectivity index (χ3n) is 5.84. The van der Waals surface area contributed by atoms with Gasteiger partial charge in [-0.2, -0.15) is 0 Å². The highest BCUT2D eigenvalue weighted by Crippen LogP contribution is 2.57. The molecular weight excluding hydrogens is 378 g/mol. The lowest BCUT2D eigenvalue weighted by molar-refractivity contribution is -0.147. The van der Waals surface area contributed by atoms with Crippen molar-refractivity contribution in [3.8, 4) is 12.3 Å². The molecule has 2 aromatic rings. The van der Waals surface area contributed by atoms with E-state index in [1.807, 2.05) is 64.1 Å². The number of esters is 1. The standard InChI is InChI=1S/C25H29NO4/c1-6-17(3)30-26-14-21-23(25(21,4)5)24(27)29-16-18-13-22(28-15-18)20(7-2)19-11-9-8-10-12-19/h2,8-15,17,20-21,23H,6,16H2,1,3-5H3/t17?,20?,21-,23-/m0/s1. The van der Waals surface area contributed by atoms with Crippen LogP contribution in [0.3, 0.4) is 0 Å². The third-order valence-corrected chi connectivity index (χ3v) is 5.84. The summed E-state index contributed by atoms with van der Waals surface area (Å²) in [5.41, 5.74) is 1.57. The second-order valence-corrected chi connectivity index (χ2v) is 8.38. The number of hydrogen-bond donors (Lipinski definition) is 0. The Labute approximate surface area is 178 Å². The highest BCUT2D eigenvalue weighted by molar-refractivity contribution is 5.85. The third kappa shape index (κ3) is 4.76. The second kappa shape index (κ2) is 9.21. The van der Waals surface area contributed by atoms with Crippen molar-refractivity contribution in [2.75, 3.05) is 0 Å². The molecule has 1 saturated carbocycles. The lowest BCUT2D eigenvalue weighted by Gasteiger charge is -2.07. The van der Waals surface area contributed by atoms with Crippen LogP contribution in [0.1, 0.15) is 56.9 Å². The van der Waals surface area contributed by atoms with E-state index in [0.29, 0.717) is 5.76 Å². The van der Waals surface area contributed by atoms with Crippen molar-refractivity contribution < 1.29 is 18.8 Å². The lowest BCUT2D eigenvalue weighted by Crippen LogP contribution is -2.10. The molecule has 1 aromatic carbocycles. The normalized spacial score (nSPS) is 21.6. The van der Waals surface area contributed by atoms with Crippen LogP contribution in [0.4, 0.5) is 0 Å². The van der Waals surface area contributed by atoms with Gasteiger partial charge in [0.15, 0.2) is 0 Å². The summed E-state index contributed by atoms with van der Waals surface area (Å²) in [5, 5.41) is 4.05. The van der Waals surface area contributed by atoms with Gasteiger partial charge in [-0.15, -0.1) is 6.42 Å². The minimum Gasteiger partial charge on any atom is -0.467 e. The molecule has 0 amide bonds. The number of terminal acetylenes is 1. The molecule has 0 bridgehead atoms. The van der Waals surface area contributed by atoms with E-state index in [1.165, 1.54) is 0 Å². The maximum Gasteiger partial charge on any atom is 0.310 e. The molecule has 4 atom stereocenters. The van der Waals surface area contributed by atoms with Crippen LogP contribution < -0.4 is 0 Å². The van der Waals surface area contributed by atoms with Gasteiger partial charge in [0.05, 0.1) is 12.2 Å². The van der Waals surface area contributed by atoms with Crippen LogP contribution in [0.5, 0.6) is 0 Å². The fraction of sp³-hybridized carbons (Fsp3) is 0.440. The predicted octanol–water partition coefficient (Wildman–Crippen LogP) is 5.16. The molecule has 30 heavy (non-hydrogen) atoms. The van der Waals surface area contributed by atoms with Crippen molar-refractivity contribution in [1.82, 2.24) is 0 Å². The van der Waals surface area contributed by atoms with Gasteiger partial charge < -0.3 is 14.0 Å². The number of nitrogens with zero attached hydrogens (tertiary/aromatic N) is 1. The molecule has 0 radical (unpaired) electrons. The Morgan fingerprint density at radius 1 is 1.37 bits per heavy atom. The van der Waals surface area contributed by atoms with E-state index >= 15 is 0 Å². The number of rotatable bonds is 9. The summed E-state index contributed by atoms with van der Waals surface area (Å²) in [4.78, 5) is 17.9. The van der Waals surface area contributed by atoms with Crippen molar-refractivity contribution >= 4 is 12.2 Å². The predicted molar refractivity (Wildman–Crippen MR) is 116 cm³/mol. The second-order valence-electron chi connectivity index (χ2n) is 8.38. The maximum absolute atomic E-state index is 12.6. The molecule has 158 valence electrons. The molecule has 0 aliphatic heterocycles. The topological polar surface area (TPSA) is 61.0 Å². The molecule has 1 heterocycles. The van der Waals surface area contributed by atoms with Gasteiger partial charge >= 0.3 is 5.97 Å². The van der Waals surface area contributed by atoms with Gasteiger partial charge in [0.25, 0.3) is 0 Å². The average Bonchev–Trinajstić information content (AvgIpc) is 3.05. The monoisotopic (exact) mass is 407 g/mol. The van der Waals surface area contributed by atoms with E-state index in [0.717, 1.165) is 17.5 Å². The molecule has 0 N–H and O–H groups in total. The van der Waals surface area contributed by atoms with Gasteiger partial charge in [-0.05, 0) is 30.4 Å². The molecule has 1 fully saturated rings. The first-order valence-corrected chi connectivity index (χ1v) is 10.3. The van der Waals surface area contributed by atoms with Crippen molar-refractivity contribution in [1.29, 1.82) is 0 Å². The first-order chi connectivity index (χ1) is 14.4. The Morgan fingerprint density at radius 3 is 2.77 bits per heavy atom. The summed E-state index contributed by atoms with van der Waals surface area (Å²) in [6.45, 7) is 8.21. The van der Waals surface area contributed by atoms with Gasteiger partial charge in [0.1, 0.15) is 24.4 Å². The van der Waals surface area contributed by atoms with E-state index in [1.54, 1.807) is 12.5 Å². The molecule has 3 rings (SSSR count). The molecule has 5 heteroatoms. The molecule has 1 aliphatic carbocycles. The number of carbonyl (C=O) groups excluding carboxylic acids is 1. The number of hydrogen-bond acceptors (Lipinski definition) is 5. The summed E-state index contributed by atoms with van der Waals surface area (Å²) in [6, 6.07) is 11.6. The fourth-order valence-electron chi connectivity index (χ4n) is 3.54. The van der Waals surface area contributed by atoms with Crippen LogP contribution in [-0.4, -0.2) is 18.3 Å². The number of carbonyl (C=O) groups is 1. The minimum absolute atomic E-state index is 0.0119. The van der Waals surface area contributed by atoms with Crippen LogP contribution in [0.15, 0.2) is 52.2 Å². The van der Waals surface area contributed by atoms with Gasteiger partial charge in [-0.1, -0.05) is 62.2 Å². The van der Waals surface area contributed by atoms with Crippen molar-refractivity contribution in [3.63, 3.8) is 0 Å². The first-order valence-electron chi connectivity index (χ1n) is 10.3. The van der Waals surface area contributed by atoms with E-state index in [4.69, 9.17) is 20.4 Å². The SMILES string of the molecule is C#CC(c1ccccc1)c1cc(COC(=O)[C@@H]2[C@H](C=NOC(C)CC)C2(C)C)co1. The summed E-state index contributed by atoms with van der Waals surface area (Å²) < 4.78 is 11.2. The van der Waals surface area contributed by atoms with E-state index in [-0.39, 0.29) is 41.8 Å². The zero-order valence-electron chi connectivity index (χ0n) is 18.0. The number of furan rings is 1. The van der Waals surface area contributed by atoms with Crippen LogP contribution in [0.25, 0.3) is 0 Å². The number of ether oxygens (including phenoxy) is 1. The molecular formula is C25H29NO4. The van der Waals surface area contributed by atoms with Crippen LogP contribution in [0, 0.1) is 29.6 Å². The smallest absolute Gasteiger partial charge is 0.310 e. The van der Waals surface area contributed by atoms with Crippen LogP contribution in [-0.2, 0) is 21.0 Å². The summed E-state index contributed by atoms with van der Waals surface area (Å²) in [7, 11) is 0. The minimum atomic E-state index is -0.274. The number of benzene rings is 1. The molecule has 2 unspecified atom stereocenters. The van der Waals surface area contributed by atoms with Crippen molar-refractivity contribution in [2.24, 2.45) is 22.4 Å². The molecule has 0 saturated heterocycles. The Balaban J connectivity index is 1.56. The molecule has 1 aliphatic rings. The van der Waals surface area contributed by atoms with Crippen LogP contribution >= 0.6 is 0 Å². The fourth-order valence-corrected chi connectivity index (χ4v) is 3.54. The average molecular weight is 408 g/mol. The zero-order valence-corrected chi connectivity index (χ0v) is 18.0. The highest BCUT2D eigenvalue weighted by atomic mass is 16.6. The molecule has 0 spiro atoms. The maximum atomic E-state index is 12.6. The first kappa shape index (κ1) is 21.7. The summed E-state index contributed by atoms with van der Waals surface area (Å²) in [5.74, 6) is 2.70. The van der Waals surface area contributed by atoms with Gasteiger partial charge in [0, 0.05) is 17.7 Å². The van der Waals surface area contributed by atoms with Gasteiger partial charge in [0.2, 0.25) is 0 Å². The molecule has 5 nitrogen and oxygen atoms in total. The molecule has 1 aromatic heterocycles. The lowest BCUT2D eigenvalue weighted by atomic mass is 9.97. The number of oxime groups is 1.